The van der Waals surface area contributed by atoms with E-state index >= 15 is 0 Å². The molecule has 1 heterocycles. The lowest BCUT2D eigenvalue weighted by molar-refractivity contribution is 0.0200. The van der Waals surface area contributed by atoms with Crippen molar-refractivity contribution >= 4 is 11.6 Å². The van der Waals surface area contributed by atoms with Gasteiger partial charge in [-0.05, 0) is 13.1 Å². The van der Waals surface area contributed by atoms with E-state index < -0.39 is 18.2 Å². The van der Waals surface area contributed by atoms with Crippen molar-refractivity contribution in [2.24, 2.45) is 0 Å². The SMILES string of the molecule is CNCC(O)C(O)c1cnc(F)c(Cl)c1. The van der Waals surface area contributed by atoms with Gasteiger partial charge >= 0.3 is 0 Å². The molecule has 0 aromatic carbocycles. The summed E-state index contributed by atoms with van der Waals surface area (Å²) in [6.07, 6.45) is -0.980. The molecule has 15 heavy (non-hydrogen) atoms. The number of hydrogen-bond donors (Lipinski definition) is 3. The highest BCUT2D eigenvalue weighted by molar-refractivity contribution is 6.30. The van der Waals surface area contributed by atoms with Crippen molar-refractivity contribution in [3.63, 3.8) is 0 Å². The maximum atomic E-state index is 12.7. The summed E-state index contributed by atoms with van der Waals surface area (Å²) in [6.45, 7) is 0.218. The average Bonchev–Trinajstić information content (AvgIpc) is 2.21. The van der Waals surface area contributed by atoms with E-state index in [-0.39, 0.29) is 17.1 Å². The molecule has 4 nitrogen and oxygen atoms in total. The van der Waals surface area contributed by atoms with E-state index in [1.807, 2.05) is 0 Å². The summed E-state index contributed by atoms with van der Waals surface area (Å²) in [7, 11) is 1.64. The van der Waals surface area contributed by atoms with E-state index in [9.17, 15) is 14.6 Å². The number of pyridine rings is 1. The molecule has 84 valence electrons. The second-order valence-electron chi connectivity index (χ2n) is 3.11. The molecule has 0 aliphatic carbocycles. The lowest BCUT2D eigenvalue weighted by Gasteiger charge is -2.17. The van der Waals surface area contributed by atoms with E-state index in [0.29, 0.717) is 0 Å². The molecule has 0 aliphatic heterocycles. The number of nitrogens with one attached hydrogen (secondary N) is 1. The minimum atomic E-state index is -1.14. The van der Waals surface area contributed by atoms with Gasteiger partial charge in [-0.3, -0.25) is 0 Å². The molecule has 3 N–H and O–H groups in total. The maximum Gasteiger partial charge on any atom is 0.231 e. The molecule has 0 radical (unpaired) electrons. The second kappa shape index (κ2) is 5.37. The molecule has 0 fully saturated rings. The van der Waals surface area contributed by atoms with Crippen LogP contribution in [0.15, 0.2) is 12.3 Å². The fourth-order valence-corrected chi connectivity index (χ4v) is 1.32. The number of halogens is 2. The maximum absolute atomic E-state index is 12.7. The minimum Gasteiger partial charge on any atom is -0.389 e. The van der Waals surface area contributed by atoms with E-state index in [1.165, 1.54) is 6.07 Å². The molecule has 0 amide bonds. The Bertz CT molecular complexity index is 338. The number of aromatic nitrogens is 1. The monoisotopic (exact) mass is 234 g/mol. The number of hydrogen-bond acceptors (Lipinski definition) is 4. The first-order chi connectivity index (χ1) is 7.06. The van der Waals surface area contributed by atoms with Gasteiger partial charge in [-0.15, -0.1) is 0 Å². The van der Waals surface area contributed by atoms with Crippen LogP contribution in [0.5, 0.6) is 0 Å². The zero-order valence-corrected chi connectivity index (χ0v) is 8.87. The summed E-state index contributed by atoms with van der Waals surface area (Å²) in [6, 6.07) is 1.24. The van der Waals surface area contributed by atoms with Crippen LogP contribution in [0.1, 0.15) is 11.7 Å². The normalized spacial score (nSPS) is 15.0. The predicted molar refractivity (Wildman–Crippen MR) is 54.1 cm³/mol. The van der Waals surface area contributed by atoms with Crippen molar-refractivity contribution in [2.45, 2.75) is 12.2 Å². The summed E-state index contributed by atoms with van der Waals surface area (Å²) < 4.78 is 12.7. The van der Waals surface area contributed by atoms with Crippen LogP contribution in [-0.4, -0.2) is 34.9 Å². The van der Waals surface area contributed by atoms with Crippen LogP contribution in [0.2, 0.25) is 5.02 Å². The molecule has 2 unspecified atom stereocenters. The lowest BCUT2D eigenvalue weighted by atomic mass is 10.1. The first kappa shape index (κ1) is 12.3. The second-order valence-corrected chi connectivity index (χ2v) is 3.52. The highest BCUT2D eigenvalue weighted by Gasteiger charge is 2.18. The number of aliphatic hydroxyl groups is 2. The molecule has 1 aromatic rings. The molecule has 0 bridgehead atoms. The standard InChI is InChI=1S/C9H12ClFN2O2/c1-12-4-7(14)8(15)5-2-6(10)9(11)13-3-5/h2-3,7-8,12,14-15H,4H2,1H3. The molecular weight excluding hydrogens is 223 g/mol. The van der Waals surface area contributed by atoms with Crippen molar-refractivity contribution in [1.82, 2.24) is 10.3 Å². The van der Waals surface area contributed by atoms with Crippen molar-refractivity contribution < 1.29 is 14.6 Å². The fourth-order valence-electron chi connectivity index (χ4n) is 1.14. The van der Waals surface area contributed by atoms with Crippen molar-refractivity contribution in [2.75, 3.05) is 13.6 Å². The van der Waals surface area contributed by atoms with Gasteiger partial charge in [0.25, 0.3) is 0 Å². The zero-order chi connectivity index (χ0) is 11.4. The summed E-state index contributed by atoms with van der Waals surface area (Å²) in [5.74, 6) is -0.796. The molecule has 0 spiro atoms. The summed E-state index contributed by atoms with van der Waals surface area (Å²) >= 11 is 5.49. The Hall–Kier alpha value is -0.750. The molecular formula is C9H12ClFN2O2. The van der Waals surface area contributed by atoms with Gasteiger partial charge in [0.05, 0.1) is 11.1 Å². The first-order valence-corrected chi connectivity index (χ1v) is 4.75. The Kier molecular flexibility index (Phi) is 4.41. The van der Waals surface area contributed by atoms with Gasteiger partial charge in [0, 0.05) is 18.3 Å². The van der Waals surface area contributed by atoms with Gasteiger partial charge in [0.2, 0.25) is 5.95 Å². The molecule has 6 heteroatoms. The molecule has 2 atom stereocenters. The third-order valence-corrected chi connectivity index (χ3v) is 2.20. The first-order valence-electron chi connectivity index (χ1n) is 4.38. The zero-order valence-electron chi connectivity index (χ0n) is 8.11. The Morgan fingerprint density at radius 1 is 1.60 bits per heavy atom. The smallest absolute Gasteiger partial charge is 0.231 e. The van der Waals surface area contributed by atoms with Gasteiger partial charge in [-0.25, -0.2) is 4.98 Å². The van der Waals surface area contributed by atoms with Crippen LogP contribution in [0.25, 0.3) is 0 Å². The van der Waals surface area contributed by atoms with Crippen LogP contribution in [0, 0.1) is 5.95 Å². The minimum absolute atomic E-state index is 0.178. The average molecular weight is 235 g/mol. The molecule has 0 aliphatic rings. The highest BCUT2D eigenvalue weighted by atomic mass is 35.5. The quantitative estimate of drug-likeness (QED) is 0.664. The summed E-state index contributed by atoms with van der Waals surface area (Å²) in [5.41, 5.74) is 0.282. The van der Waals surface area contributed by atoms with E-state index in [2.05, 4.69) is 10.3 Å². The molecule has 0 saturated carbocycles. The van der Waals surface area contributed by atoms with Crippen molar-refractivity contribution in [1.29, 1.82) is 0 Å². The van der Waals surface area contributed by atoms with Gasteiger partial charge in [0.15, 0.2) is 0 Å². The third kappa shape index (κ3) is 3.10. The lowest BCUT2D eigenvalue weighted by Crippen LogP contribution is -2.29. The Morgan fingerprint density at radius 3 is 2.80 bits per heavy atom. The third-order valence-electron chi connectivity index (χ3n) is 1.94. The summed E-state index contributed by atoms with van der Waals surface area (Å²) in [4.78, 5) is 3.35. The summed E-state index contributed by atoms with van der Waals surface area (Å²) in [5, 5.41) is 21.6. The highest BCUT2D eigenvalue weighted by Crippen LogP contribution is 2.20. The van der Waals surface area contributed by atoms with Crippen molar-refractivity contribution in [3.8, 4) is 0 Å². The Labute approximate surface area is 91.7 Å². The number of rotatable bonds is 4. The van der Waals surface area contributed by atoms with Gasteiger partial charge < -0.3 is 15.5 Å². The van der Waals surface area contributed by atoms with Crippen LogP contribution in [-0.2, 0) is 0 Å². The van der Waals surface area contributed by atoms with Gasteiger partial charge in [-0.1, -0.05) is 11.6 Å². The van der Waals surface area contributed by atoms with E-state index in [0.717, 1.165) is 6.20 Å². The largest absolute Gasteiger partial charge is 0.389 e. The Balaban J connectivity index is 2.81. The van der Waals surface area contributed by atoms with Crippen LogP contribution in [0.3, 0.4) is 0 Å². The fraction of sp³-hybridized carbons (Fsp3) is 0.444. The van der Waals surface area contributed by atoms with Crippen LogP contribution < -0.4 is 5.32 Å². The predicted octanol–water partition coefficient (Wildman–Crippen LogP) is 0.488. The van der Waals surface area contributed by atoms with Crippen LogP contribution >= 0.6 is 11.6 Å². The number of aliphatic hydroxyl groups excluding tert-OH is 2. The topological polar surface area (TPSA) is 65.4 Å². The van der Waals surface area contributed by atoms with E-state index in [4.69, 9.17) is 11.6 Å². The van der Waals surface area contributed by atoms with Crippen molar-refractivity contribution in [3.05, 3.63) is 28.8 Å². The molecule has 1 aromatic heterocycles. The molecule has 1 rings (SSSR count). The van der Waals surface area contributed by atoms with E-state index in [1.54, 1.807) is 7.05 Å². The number of likely N-dealkylation sites (N-methyl/N-ethyl adjacent to an activating group) is 1. The Morgan fingerprint density at radius 2 is 2.27 bits per heavy atom. The van der Waals surface area contributed by atoms with Crippen LogP contribution in [0.4, 0.5) is 4.39 Å². The van der Waals surface area contributed by atoms with Gasteiger partial charge in [-0.2, -0.15) is 4.39 Å². The molecule has 0 saturated heterocycles. The number of nitrogens with zero attached hydrogens (tertiary/aromatic N) is 1. The van der Waals surface area contributed by atoms with Gasteiger partial charge in [0.1, 0.15) is 6.10 Å².